The number of anilines is 1. The molecule has 8 atom stereocenters. The number of hydrogen-bond donors (Lipinski definition) is 9. The van der Waals surface area contributed by atoms with Crippen LogP contribution in [0.1, 0.15) is 137 Å². The zero-order chi connectivity index (χ0) is 50.5. The normalized spacial score (nSPS) is 20.4. The molecule has 3 unspecified atom stereocenters. The summed E-state index contributed by atoms with van der Waals surface area (Å²) in [6.07, 6.45) is 10.9. The Kier molecular flexibility index (Phi) is 25.7. The number of thioether (sulfide) groups is 1. The number of nitrogen functional groups attached to an aromatic ring is 1. The van der Waals surface area contributed by atoms with Crippen molar-refractivity contribution in [2.24, 2.45) is 11.3 Å². The Labute approximate surface area is 401 Å². The molecule has 0 radical (unpaired) electrons. The Morgan fingerprint density at radius 1 is 0.882 bits per heavy atom. The van der Waals surface area contributed by atoms with Gasteiger partial charge in [-0.3, -0.25) is 32.5 Å². The number of rotatable bonds is 35. The average molecular weight is 1050 g/mol. The highest BCUT2D eigenvalue weighted by Gasteiger charge is 2.50. The van der Waals surface area contributed by atoms with E-state index in [1.165, 1.54) is 84.5 Å². The second-order valence-corrected chi connectivity index (χ2v) is 23.0. The molecule has 1 fully saturated rings. The fourth-order valence-corrected chi connectivity index (χ4v) is 10.8. The molecule has 0 saturated carbocycles. The molecule has 0 aromatic carbocycles. The number of fused-ring (bicyclic) bond motifs is 1. The first-order chi connectivity index (χ1) is 31.9. The number of unbranched alkanes of at least 4 members (excludes halogenated alkanes) is 10. The third-order valence-corrected chi connectivity index (χ3v) is 15.2. The van der Waals surface area contributed by atoms with Gasteiger partial charge in [-0.25, -0.2) is 28.6 Å². The molecule has 2 aromatic rings. The Morgan fingerprint density at radius 3 is 2.15 bits per heavy atom. The van der Waals surface area contributed by atoms with Gasteiger partial charge in [0.1, 0.15) is 36.3 Å². The summed E-state index contributed by atoms with van der Waals surface area (Å²) in [7, 11) is -16.4. The van der Waals surface area contributed by atoms with Crippen LogP contribution in [-0.2, 0) is 50.7 Å². The number of nitrogens with one attached hydrogen (secondary N) is 2. The number of ether oxygens (including phenoxy) is 1. The smallest absolute Gasteiger partial charge is 0.386 e. The highest BCUT2D eigenvalue weighted by molar-refractivity contribution is 8.13. The molecule has 0 spiro atoms. The van der Waals surface area contributed by atoms with Gasteiger partial charge in [0.25, 0.3) is 0 Å². The van der Waals surface area contributed by atoms with Crippen molar-refractivity contribution in [3.05, 3.63) is 12.7 Å². The number of phosphoric ester groups is 3. The van der Waals surface area contributed by atoms with E-state index < -0.39 is 84.6 Å². The number of carbonyl (C=O) groups excluding carboxylic acids is 3. The fraction of sp³-hybridized carbons (Fsp3) is 0.800. The number of aliphatic hydroxyl groups is 2. The van der Waals surface area contributed by atoms with E-state index in [4.69, 9.17) is 19.5 Å². The molecular weight excluding hydrogens is 975 g/mol. The van der Waals surface area contributed by atoms with Gasteiger partial charge in [0.2, 0.25) is 11.8 Å². The first kappa shape index (κ1) is 59.9. The molecule has 3 rings (SSSR count). The lowest BCUT2D eigenvalue weighted by Crippen LogP contribution is -2.46. The van der Waals surface area contributed by atoms with Gasteiger partial charge in [0, 0.05) is 37.1 Å². The first-order valence-corrected chi connectivity index (χ1v) is 28.5. The Balaban J connectivity index is 1.30. The molecule has 0 bridgehead atoms. The number of imidazole rings is 1. The minimum Gasteiger partial charge on any atom is -0.386 e. The van der Waals surface area contributed by atoms with Crippen LogP contribution in [0.15, 0.2) is 12.7 Å². The van der Waals surface area contributed by atoms with E-state index in [0.717, 1.165) is 54.2 Å². The minimum absolute atomic E-state index is 0.0339. The van der Waals surface area contributed by atoms with E-state index in [2.05, 4.69) is 48.3 Å². The van der Waals surface area contributed by atoms with Crippen molar-refractivity contribution >= 4 is 69.1 Å². The molecule has 2 amide bonds. The van der Waals surface area contributed by atoms with E-state index in [0.29, 0.717) is 12.2 Å². The van der Waals surface area contributed by atoms with Crippen molar-refractivity contribution in [2.75, 3.05) is 37.8 Å². The van der Waals surface area contributed by atoms with Crippen molar-refractivity contribution in [2.45, 2.75) is 161 Å². The molecule has 0 aliphatic carbocycles. The summed E-state index contributed by atoms with van der Waals surface area (Å²) in [5, 5.41) is 26.7. The second kappa shape index (κ2) is 29.2. The number of phosphoric acid groups is 3. The lowest BCUT2D eigenvalue weighted by molar-refractivity contribution is -0.137. The van der Waals surface area contributed by atoms with Crippen LogP contribution >= 0.6 is 35.2 Å². The van der Waals surface area contributed by atoms with Crippen LogP contribution in [0, 0.1) is 11.3 Å². The van der Waals surface area contributed by atoms with Crippen molar-refractivity contribution < 1.29 is 80.5 Å². The van der Waals surface area contributed by atoms with Crippen LogP contribution in [0.4, 0.5) is 5.82 Å². The summed E-state index contributed by atoms with van der Waals surface area (Å²) in [4.78, 5) is 88.5. The summed E-state index contributed by atoms with van der Waals surface area (Å²) in [6, 6.07) is 0. The summed E-state index contributed by atoms with van der Waals surface area (Å²) in [5.74, 6) is -0.229. The maximum Gasteiger partial charge on any atom is 0.481 e. The average Bonchev–Trinajstić information content (AvgIpc) is 3.82. The molecule has 24 nitrogen and oxygen atoms in total. The highest BCUT2D eigenvalue weighted by Crippen LogP contribution is 2.61. The van der Waals surface area contributed by atoms with Gasteiger partial charge in [0.15, 0.2) is 22.8 Å². The number of amides is 2. The van der Waals surface area contributed by atoms with Gasteiger partial charge in [-0.15, -0.1) is 0 Å². The van der Waals surface area contributed by atoms with E-state index in [9.17, 15) is 57.9 Å². The van der Waals surface area contributed by atoms with Crippen molar-refractivity contribution in [1.29, 1.82) is 0 Å². The maximum atomic E-state index is 12.7. The molecule has 1 aliphatic rings. The quantitative estimate of drug-likeness (QED) is 0.0317. The summed E-state index contributed by atoms with van der Waals surface area (Å²) in [6.45, 7) is 5.18. The topological polar surface area (TPSA) is 364 Å². The van der Waals surface area contributed by atoms with Crippen LogP contribution in [0.5, 0.6) is 0 Å². The Morgan fingerprint density at radius 2 is 1.50 bits per heavy atom. The molecule has 1 saturated heterocycles. The first-order valence-electron chi connectivity index (χ1n) is 23.0. The Bertz CT molecular complexity index is 2030. The van der Waals surface area contributed by atoms with Crippen LogP contribution < -0.4 is 16.4 Å². The number of aromatic nitrogens is 4. The lowest BCUT2D eigenvalue weighted by atomic mass is 9.87. The minimum atomic E-state index is -5.57. The van der Waals surface area contributed by atoms with Crippen molar-refractivity contribution in [1.82, 2.24) is 30.2 Å². The third-order valence-electron chi connectivity index (χ3n) is 11.1. The molecular formula is C40H72N7O17P3S. The lowest BCUT2D eigenvalue weighted by Gasteiger charge is -2.30. The van der Waals surface area contributed by atoms with Gasteiger partial charge in [-0.2, -0.15) is 4.31 Å². The zero-order valence-electron chi connectivity index (χ0n) is 39.3. The molecule has 68 heavy (non-hydrogen) atoms. The predicted octanol–water partition coefficient (Wildman–Crippen LogP) is 5.17. The van der Waals surface area contributed by atoms with Crippen LogP contribution in [0.25, 0.3) is 11.2 Å². The van der Waals surface area contributed by atoms with E-state index in [1.54, 1.807) is 0 Å². The molecule has 2 aromatic heterocycles. The predicted molar refractivity (Wildman–Crippen MR) is 251 cm³/mol. The Hall–Kier alpha value is -2.44. The highest BCUT2D eigenvalue weighted by atomic mass is 32.2. The third kappa shape index (κ3) is 21.9. The van der Waals surface area contributed by atoms with Gasteiger partial charge in [0.05, 0.1) is 19.5 Å². The number of carbonyl (C=O) groups is 3. The SMILES string of the molecule is CCCCCCCCC(C)CCCCCCCCC(=O)SCCNC(=O)CCNC(=O)[C@H](O)C(C)(C)COP(=O)(O)OP(=O)(O)OC[C@H]1O[C@@H](n2cnc3c(N)ncnc32)[C@H](O)[C@@H]1OP(=O)(O)O. The molecule has 28 heteroatoms. The summed E-state index contributed by atoms with van der Waals surface area (Å²) < 4.78 is 62.5. The second-order valence-electron chi connectivity index (χ2n) is 17.6. The summed E-state index contributed by atoms with van der Waals surface area (Å²) in [5.41, 5.74) is 4.29. The largest absolute Gasteiger partial charge is 0.481 e. The molecule has 10 N–H and O–H groups in total. The summed E-state index contributed by atoms with van der Waals surface area (Å²) >= 11 is 1.16. The van der Waals surface area contributed by atoms with Crippen molar-refractivity contribution in [3.8, 4) is 0 Å². The standard InChI is InChI=1S/C40H72N7O17P3S/c1-5-6-7-8-11-14-17-28(2)18-15-12-9-10-13-16-19-31(49)68-23-22-42-30(48)20-21-43-38(52)35(51)40(3,4)25-61-67(58,59)64-66(56,57)60-24-29-34(63-65(53,54)55)33(50)39(62-29)47-27-46-32-36(41)44-26-45-37(32)47/h26-29,33-35,39,50-51H,5-25H2,1-4H3,(H,42,48)(H,43,52)(H,56,57)(H,58,59)(H2,41,44,45)(H2,53,54,55)/t28?,29-,33-,34-,35+,39-/m1/s1. The monoisotopic (exact) mass is 1050 g/mol. The maximum absolute atomic E-state index is 12.7. The van der Waals surface area contributed by atoms with Crippen LogP contribution in [-0.4, -0.2) is 123 Å². The van der Waals surface area contributed by atoms with E-state index in [1.807, 2.05) is 0 Å². The van der Waals surface area contributed by atoms with Crippen LogP contribution in [0.3, 0.4) is 0 Å². The van der Waals surface area contributed by atoms with Crippen molar-refractivity contribution in [3.63, 3.8) is 0 Å². The van der Waals surface area contributed by atoms with E-state index in [-0.39, 0.29) is 41.6 Å². The molecule has 1 aliphatic heterocycles. The fourth-order valence-electron chi connectivity index (χ4n) is 7.25. The molecule has 3 heterocycles. The van der Waals surface area contributed by atoms with E-state index >= 15 is 0 Å². The number of nitrogens with zero attached hydrogens (tertiary/aromatic N) is 4. The van der Waals surface area contributed by atoms with Gasteiger partial charge in [-0.05, 0) is 12.3 Å². The number of aliphatic hydroxyl groups excluding tert-OH is 2. The van der Waals surface area contributed by atoms with Crippen LogP contribution in [0.2, 0.25) is 0 Å². The number of nitrogens with two attached hydrogens (primary N) is 1. The zero-order valence-corrected chi connectivity index (χ0v) is 42.8. The molecule has 390 valence electrons. The van der Waals surface area contributed by atoms with Gasteiger partial charge in [-0.1, -0.05) is 123 Å². The number of hydrogen-bond acceptors (Lipinski definition) is 18. The van der Waals surface area contributed by atoms with Gasteiger partial charge >= 0.3 is 23.5 Å². The van der Waals surface area contributed by atoms with Gasteiger partial charge < -0.3 is 50.9 Å².